The average Bonchev–Trinajstić information content (AvgIpc) is 2.10. The lowest BCUT2D eigenvalue weighted by atomic mass is 9.79. The van der Waals surface area contributed by atoms with E-state index in [1.807, 2.05) is 13.8 Å². The van der Waals surface area contributed by atoms with Crippen LogP contribution >= 0.6 is 0 Å². The predicted molar refractivity (Wildman–Crippen MR) is 54.6 cm³/mol. The highest BCUT2D eigenvalue weighted by Crippen LogP contribution is 2.27. The fourth-order valence-corrected chi connectivity index (χ4v) is 1.81. The molecular weight excluding hydrogens is 178 g/mol. The summed E-state index contributed by atoms with van der Waals surface area (Å²) in [6.07, 6.45) is 1.91. The van der Waals surface area contributed by atoms with E-state index in [1.54, 1.807) is 0 Å². The van der Waals surface area contributed by atoms with Crippen LogP contribution in [0.3, 0.4) is 0 Å². The van der Waals surface area contributed by atoms with Crippen LogP contribution in [0.15, 0.2) is 0 Å². The zero-order valence-electron chi connectivity index (χ0n) is 9.16. The highest BCUT2D eigenvalue weighted by Gasteiger charge is 2.25. The molecule has 0 saturated carbocycles. The monoisotopic (exact) mass is 197 g/mol. The van der Waals surface area contributed by atoms with E-state index < -0.39 is 5.97 Å². The molecule has 0 radical (unpaired) electrons. The summed E-state index contributed by atoms with van der Waals surface area (Å²) in [7, 11) is 0. The van der Waals surface area contributed by atoms with Crippen LogP contribution in [0.2, 0.25) is 0 Å². The van der Waals surface area contributed by atoms with Crippen molar-refractivity contribution in [2.24, 2.45) is 17.8 Å². The third-order valence-electron chi connectivity index (χ3n) is 2.56. The van der Waals surface area contributed by atoms with Crippen molar-refractivity contribution in [2.45, 2.75) is 40.0 Å². The number of aliphatic carboxylic acids is 1. The molecule has 2 unspecified atom stereocenters. The lowest BCUT2D eigenvalue weighted by molar-refractivity contribution is -0.138. The van der Waals surface area contributed by atoms with Crippen LogP contribution < -0.4 is 0 Å². The summed E-state index contributed by atoms with van der Waals surface area (Å²) in [5.74, 6) is -0.634. The van der Waals surface area contributed by atoms with Crippen molar-refractivity contribution in [1.29, 1.82) is 5.26 Å². The third kappa shape index (κ3) is 4.27. The Hall–Kier alpha value is -1.04. The molecule has 3 heteroatoms. The molecule has 14 heavy (non-hydrogen) atoms. The van der Waals surface area contributed by atoms with Gasteiger partial charge in [0.15, 0.2) is 0 Å². The highest BCUT2D eigenvalue weighted by atomic mass is 16.4. The van der Waals surface area contributed by atoms with Gasteiger partial charge in [0.1, 0.15) is 0 Å². The topological polar surface area (TPSA) is 61.1 Å². The van der Waals surface area contributed by atoms with Crippen LogP contribution in [0.1, 0.15) is 40.0 Å². The predicted octanol–water partition coefficient (Wildman–Crippen LogP) is 2.67. The van der Waals surface area contributed by atoms with Gasteiger partial charge in [-0.2, -0.15) is 5.26 Å². The molecule has 0 rings (SSSR count). The maximum Gasteiger partial charge on any atom is 0.304 e. The van der Waals surface area contributed by atoms with Gasteiger partial charge in [0.05, 0.1) is 18.4 Å². The van der Waals surface area contributed by atoms with Gasteiger partial charge in [-0.25, -0.2) is 0 Å². The molecule has 1 N–H and O–H groups in total. The Bertz CT molecular complexity index is 218. The van der Waals surface area contributed by atoms with Gasteiger partial charge in [0.2, 0.25) is 0 Å². The molecule has 3 nitrogen and oxygen atoms in total. The second-order valence-corrected chi connectivity index (χ2v) is 4.03. The molecular formula is C11H19NO2. The number of hydrogen-bond acceptors (Lipinski definition) is 2. The average molecular weight is 197 g/mol. The highest BCUT2D eigenvalue weighted by molar-refractivity contribution is 5.67. The van der Waals surface area contributed by atoms with Gasteiger partial charge in [-0.15, -0.1) is 0 Å². The molecule has 0 bridgehead atoms. The molecule has 80 valence electrons. The molecule has 0 saturated heterocycles. The van der Waals surface area contributed by atoms with E-state index in [-0.39, 0.29) is 18.3 Å². The second-order valence-electron chi connectivity index (χ2n) is 4.03. The molecule has 0 fully saturated rings. The number of carbonyl (C=O) groups is 1. The van der Waals surface area contributed by atoms with Crippen molar-refractivity contribution in [1.82, 2.24) is 0 Å². The van der Waals surface area contributed by atoms with Crippen molar-refractivity contribution in [3.8, 4) is 6.07 Å². The molecule has 0 amide bonds. The number of carboxylic acids is 1. The lowest BCUT2D eigenvalue weighted by Crippen LogP contribution is -2.21. The van der Waals surface area contributed by atoms with E-state index in [1.165, 1.54) is 0 Å². The Morgan fingerprint density at radius 2 is 2.07 bits per heavy atom. The van der Waals surface area contributed by atoms with Crippen LogP contribution in [0, 0.1) is 29.1 Å². The number of rotatable bonds is 6. The van der Waals surface area contributed by atoms with E-state index in [0.29, 0.717) is 5.92 Å². The van der Waals surface area contributed by atoms with Gasteiger partial charge in [0.25, 0.3) is 0 Å². The molecule has 0 aromatic heterocycles. The fourth-order valence-electron chi connectivity index (χ4n) is 1.81. The summed E-state index contributed by atoms with van der Waals surface area (Å²) in [5, 5.41) is 17.6. The summed E-state index contributed by atoms with van der Waals surface area (Å²) in [4.78, 5) is 10.5. The standard InChI is InChI=1S/C11H19NO2/c1-4-5-10(8(2)3)9(7-12)6-11(13)14/h8-10H,4-6H2,1-3H3,(H,13,14). The molecule has 0 aliphatic heterocycles. The number of nitrogens with zero attached hydrogens (tertiary/aromatic N) is 1. The summed E-state index contributed by atoms with van der Waals surface area (Å²) < 4.78 is 0. The van der Waals surface area contributed by atoms with Crippen molar-refractivity contribution in [3.05, 3.63) is 0 Å². The van der Waals surface area contributed by atoms with Crippen molar-refractivity contribution < 1.29 is 9.90 Å². The maximum atomic E-state index is 10.5. The van der Waals surface area contributed by atoms with E-state index in [9.17, 15) is 4.79 Å². The van der Waals surface area contributed by atoms with Crippen molar-refractivity contribution in [3.63, 3.8) is 0 Å². The molecule has 0 heterocycles. The molecule has 0 aliphatic carbocycles. The number of carboxylic acid groups (broad SMARTS) is 1. The van der Waals surface area contributed by atoms with Crippen LogP contribution in [-0.2, 0) is 4.79 Å². The Morgan fingerprint density at radius 1 is 1.50 bits per heavy atom. The van der Waals surface area contributed by atoms with Gasteiger partial charge in [-0.05, 0) is 18.3 Å². The largest absolute Gasteiger partial charge is 0.481 e. The molecule has 0 aromatic carbocycles. The quantitative estimate of drug-likeness (QED) is 0.712. The van der Waals surface area contributed by atoms with Gasteiger partial charge in [-0.1, -0.05) is 27.2 Å². The molecule has 0 spiro atoms. The summed E-state index contributed by atoms with van der Waals surface area (Å²) in [6.45, 7) is 6.16. The second kappa shape index (κ2) is 6.42. The first-order valence-corrected chi connectivity index (χ1v) is 5.14. The zero-order chi connectivity index (χ0) is 11.1. The molecule has 2 atom stereocenters. The Kier molecular flexibility index (Phi) is 5.94. The third-order valence-corrected chi connectivity index (χ3v) is 2.56. The van der Waals surface area contributed by atoms with Gasteiger partial charge in [0, 0.05) is 0 Å². The first-order chi connectivity index (χ1) is 6.52. The summed E-state index contributed by atoms with van der Waals surface area (Å²) in [6, 6.07) is 2.12. The number of hydrogen-bond donors (Lipinski definition) is 1. The van der Waals surface area contributed by atoms with E-state index in [2.05, 4.69) is 13.0 Å². The van der Waals surface area contributed by atoms with Crippen LogP contribution in [0.5, 0.6) is 0 Å². The van der Waals surface area contributed by atoms with E-state index in [0.717, 1.165) is 12.8 Å². The minimum absolute atomic E-state index is 0.0284. The summed E-state index contributed by atoms with van der Waals surface area (Å²) >= 11 is 0. The Balaban J connectivity index is 4.43. The van der Waals surface area contributed by atoms with E-state index in [4.69, 9.17) is 10.4 Å². The fraction of sp³-hybridized carbons (Fsp3) is 0.818. The zero-order valence-corrected chi connectivity index (χ0v) is 9.16. The molecule has 0 aliphatic rings. The Labute approximate surface area is 85.7 Å². The lowest BCUT2D eigenvalue weighted by Gasteiger charge is -2.23. The minimum Gasteiger partial charge on any atom is -0.481 e. The van der Waals surface area contributed by atoms with Gasteiger partial charge >= 0.3 is 5.97 Å². The van der Waals surface area contributed by atoms with Crippen molar-refractivity contribution in [2.75, 3.05) is 0 Å². The SMILES string of the molecule is CCCC(C(C)C)C(C#N)CC(=O)O. The van der Waals surface area contributed by atoms with E-state index >= 15 is 0 Å². The van der Waals surface area contributed by atoms with Crippen LogP contribution in [-0.4, -0.2) is 11.1 Å². The van der Waals surface area contributed by atoms with Gasteiger partial charge < -0.3 is 5.11 Å². The van der Waals surface area contributed by atoms with Crippen LogP contribution in [0.4, 0.5) is 0 Å². The first kappa shape index (κ1) is 13.0. The minimum atomic E-state index is -0.877. The molecule has 0 aromatic rings. The normalized spacial score (nSPS) is 14.8. The number of nitriles is 1. The maximum absolute atomic E-state index is 10.5. The Morgan fingerprint density at radius 3 is 2.36 bits per heavy atom. The smallest absolute Gasteiger partial charge is 0.304 e. The van der Waals surface area contributed by atoms with Gasteiger partial charge in [-0.3, -0.25) is 4.79 Å². The first-order valence-electron chi connectivity index (χ1n) is 5.14. The van der Waals surface area contributed by atoms with Crippen LogP contribution in [0.25, 0.3) is 0 Å². The van der Waals surface area contributed by atoms with Crippen molar-refractivity contribution >= 4 is 5.97 Å². The summed E-state index contributed by atoms with van der Waals surface area (Å²) in [5.41, 5.74) is 0.